The molecule has 1 aromatic heterocycles. The van der Waals surface area contributed by atoms with Crippen molar-refractivity contribution in [2.45, 2.75) is 38.6 Å². The number of nitrogens with zero attached hydrogens (tertiary/aromatic N) is 1. The number of carbonyl (C=O) groups is 2. The van der Waals surface area contributed by atoms with Crippen LogP contribution in [0.5, 0.6) is 0 Å². The van der Waals surface area contributed by atoms with Gasteiger partial charge in [-0.1, -0.05) is 13.3 Å². The number of nitrogens with one attached hydrogen (secondary N) is 1. The largest absolute Gasteiger partial charge is 0.464 e. The zero-order valence-corrected chi connectivity index (χ0v) is 12.2. The van der Waals surface area contributed by atoms with Crippen LogP contribution in [0.1, 0.15) is 31.1 Å². The van der Waals surface area contributed by atoms with E-state index in [4.69, 9.17) is 10.5 Å². The van der Waals surface area contributed by atoms with E-state index < -0.39 is 6.04 Å². The average molecular weight is 297 g/mol. The molecule has 0 aliphatic carbocycles. The highest BCUT2D eigenvalue weighted by molar-refractivity contribution is 7.15. The van der Waals surface area contributed by atoms with E-state index in [2.05, 4.69) is 10.3 Å². The molecule has 2 heterocycles. The topological polar surface area (TPSA) is 94.3 Å². The third-order valence-electron chi connectivity index (χ3n) is 3.31. The summed E-state index contributed by atoms with van der Waals surface area (Å²) in [5, 5.41) is 3.13. The van der Waals surface area contributed by atoms with Crippen LogP contribution < -0.4 is 11.1 Å². The monoisotopic (exact) mass is 297 g/mol. The van der Waals surface area contributed by atoms with Gasteiger partial charge in [0.05, 0.1) is 12.5 Å². The Balaban J connectivity index is 1.80. The van der Waals surface area contributed by atoms with Gasteiger partial charge in [-0.3, -0.25) is 4.79 Å². The summed E-state index contributed by atoms with van der Waals surface area (Å²) in [4.78, 5) is 28.3. The fourth-order valence-corrected chi connectivity index (χ4v) is 2.78. The second-order valence-corrected chi connectivity index (χ2v) is 5.96. The number of ether oxygens (including phenoxy) is 1. The molecule has 0 bridgehead atoms. The number of β-lactam (4-membered cyclic amide) rings is 1. The first-order chi connectivity index (χ1) is 9.61. The molecule has 1 fully saturated rings. The summed E-state index contributed by atoms with van der Waals surface area (Å²) in [6.45, 7) is 2.45. The Labute approximate surface area is 121 Å². The van der Waals surface area contributed by atoms with Crippen molar-refractivity contribution < 1.29 is 14.3 Å². The minimum Gasteiger partial charge on any atom is -0.464 e. The van der Waals surface area contributed by atoms with Crippen molar-refractivity contribution in [2.75, 3.05) is 12.3 Å². The number of carbonyl (C=O) groups excluding carboxylic acids is 2. The molecule has 0 unspecified atom stereocenters. The standard InChI is InChI=1S/C13H19N3O3S/c1-2-3-6-19-12(18)10-9(11(17)16-10)5-4-8-7-15-13(14)20-8/h7,9-10H,2-6H2,1H3,(H2,14,15)(H,16,17)/t9-,10+/m1/s1. The van der Waals surface area contributed by atoms with E-state index in [1.165, 1.54) is 11.3 Å². The van der Waals surface area contributed by atoms with Gasteiger partial charge in [0.2, 0.25) is 5.91 Å². The summed E-state index contributed by atoms with van der Waals surface area (Å²) in [5.74, 6) is -0.709. The number of amides is 1. The predicted octanol–water partition coefficient (Wildman–Crippen LogP) is 1.12. The van der Waals surface area contributed by atoms with E-state index in [1.807, 2.05) is 6.92 Å². The van der Waals surface area contributed by atoms with E-state index in [9.17, 15) is 9.59 Å². The molecule has 3 N–H and O–H groups in total. The maximum Gasteiger partial charge on any atom is 0.329 e. The van der Waals surface area contributed by atoms with Crippen LogP contribution >= 0.6 is 11.3 Å². The number of nitrogens with two attached hydrogens (primary N) is 1. The Kier molecular flexibility index (Phi) is 4.94. The molecular weight excluding hydrogens is 278 g/mol. The molecule has 0 saturated carbocycles. The lowest BCUT2D eigenvalue weighted by Gasteiger charge is -2.34. The first-order valence-corrected chi connectivity index (χ1v) is 7.60. The van der Waals surface area contributed by atoms with Crippen LogP contribution in [-0.4, -0.2) is 29.5 Å². The summed E-state index contributed by atoms with van der Waals surface area (Å²) in [6.07, 6.45) is 4.84. The number of nitrogen functional groups attached to an aromatic ring is 1. The highest BCUT2D eigenvalue weighted by Crippen LogP contribution is 2.25. The first kappa shape index (κ1) is 14.8. The van der Waals surface area contributed by atoms with Crippen molar-refractivity contribution >= 4 is 28.3 Å². The van der Waals surface area contributed by atoms with E-state index in [-0.39, 0.29) is 17.8 Å². The molecule has 20 heavy (non-hydrogen) atoms. The zero-order chi connectivity index (χ0) is 14.5. The maximum atomic E-state index is 11.8. The summed E-state index contributed by atoms with van der Waals surface area (Å²) in [5.41, 5.74) is 5.56. The fraction of sp³-hybridized carbons (Fsp3) is 0.615. The summed E-state index contributed by atoms with van der Waals surface area (Å²) in [7, 11) is 0. The number of unbranched alkanes of at least 4 members (excludes halogenated alkanes) is 1. The Morgan fingerprint density at radius 2 is 2.40 bits per heavy atom. The summed E-state index contributed by atoms with van der Waals surface area (Å²) < 4.78 is 5.14. The molecule has 1 amide bonds. The van der Waals surface area contributed by atoms with Gasteiger partial charge in [0, 0.05) is 11.1 Å². The number of anilines is 1. The van der Waals surface area contributed by atoms with Gasteiger partial charge in [0.15, 0.2) is 5.13 Å². The molecule has 1 aliphatic heterocycles. The minimum atomic E-state index is -0.496. The molecular formula is C13H19N3O3S. The molecule has 0 radical (unpaired) electrons. The van der Waals surface area contributed by atoms with Crippen LogP contribution in [0.15, 0.2) is 6.20 Å². The van der Waals surface area contributed by atoms with Crippen molar-refractivity contribution in [2.24, 2.45) is 5.92 Å². The Morgan fingerprint density at radius 1 is 1.60 bits per heavy atom. The molecule has 2 rings (SSSR count). The number of thiazole rings is 1. The highest BCUT2D eigenvalue weighted by Gasteiger charge is 2.44. The number of rotatable bonds is 7. The zero-order valence-electron chi connectivity index (χ0n) is 11.4. The third-order valence-corrected chi connectivity index (χ3v) is 4.19. The van der Waals surface area contributed by atoms with Crippen LogP contribution in [0.3, 0.4) is 0 Å². The van der Waals surface area contributed by atoms with Crippen molar-refractivity contribution in [3.8, 4) is 0 Å². The van der Waals surface area contributed by atoms with Gasteiger partial charge in [-0.15, -0.1) is 11.3 Å². The van der Waals surface area contributed by atoms with E-state index in [1.54, 1.807) is 6.20 Å². The van der Waals surface area contributed by atoms with Crippen LogP contribution in [0.25, 0.3) is 0 Å². The van der Waals surface area contributed by atoms with E-state index in [0.717, 1.165) is 17.7 Å². The van der Waals surface area contributed by atoms with Crippen LogP contribution in [-0.2, 0) is 20.7 Å². The smallest absolute Gasteiger partial charge is 0.329 e. The number of aryl methyl sites for hydroxylation is 1. The van der Waals surface area contributed by atoms with Gasteiger partial charge >= 0.3 is 5.97 Å². The second-order valence-electron chi connectivity index (χ2n) is 4.82. The number of esters is 1. The van der Waals surface area contributed by atoms with Gasteiger partial charge in [0.1, 0.15) is 6.04 Å². The molecule has 0 spiro atoms. The van der Waals surface area contributed by atoms with Gasteiger partial charge < -0.3 is 15.8 Å². The van der Waals surface area contributed by atoms with Gasteiger partial charge in [-0.25, -0.2) is 9.78 Å². The summed E-state index contributed by atoms with van der Waals surface area (Å²) in [6, 6.07) is -0.496. The molecule has 7 heteroatoms. The van der Waals surface area contributed by atoms with Crippen molar-refractivity contribution in [1.82, 2.24) is 10.3 Å². The average Bonchev–Trinajstić information content (AvgIpc) is 2.82. The third kappa shape index (κ3) is 3.47. The number of hydrogen-bond acceptors (Lipinski definition) is 6. The SMILES string of the molecule is CCCCOC(=O)[C@H]1NC(=O)[C@@H]1CCc1cnc(N)s1. The Hall–Kier alpha value is -1.63. The minimum absolute atomic E-state index is 0.0834. The molecule has 1 saturated heterocycles. The maximum absolute atomic E-state index is 11.8. The normalized spacial score (nSPS) is 21.1. The van der Waals surface area contributed by atoms with E-state index >= 15 is 0 Å². The lowest BCUT2D eigenvalue weighted by Crippen LogP contribution is -2.62. The Bertz CT molecular complexity index is 489. The highest BCUT2D eigenvalue weighted by atomic mass is 32.1. The molecule has 2 atom stereocenters. The van der Waals surface area contributed by atoms with E-state index in [0.29, 0.717) is 24.6 Å². The predicted molar refractivity (Wildman–Crippen MR) is 76.1 cm³/mol. The molecule has 1 aromatic rings. The molecule has 110 valence electrons. The van der Waals surface area contributed by atoms with Crippen molar-refractivity contribution in [3.63, 3.8) is 0 Å². The second kappa shape index (κ2) is 6.69. The van der Waals surface area contributed by atoms with Crippen LogP contribution in [0.4, 0.5) is 5.13 Å². The molecule has 1 aliphatic rings. The van der Waals surface area contributed by atoms with Gasteiger partial charge in [0.25, 0.3) is 0 Å². The summed E-state index contributed by atoms with van der Waals surface area (Å²) >= 11 is 1.41. The number of aromatic nitrogens is 1. The first-order valence-electron chi connectivity index (χ1n) is 6.79. The fourth-order valence-electron chi connectivity index (χ4n) is 2.08. The van der Waals surface area contributed by atoms with Crippen LogP contribution in [0.2, 0.25) is 0 Å². The molecule has 0 aromatic carbocycles. The van der Waals surface area contributed by atoms with Crippen LogP contribution in [0, 0.1) is 5.92 Å². The quantitative estimate of drug-likeness (QED) is 0.447. The van der Waals surface area contributed by atoms with Crippen molar-refractivity contribution in [1.29, 1.82) is 0 Å². The van der Waals surface area contributed by atoms with Gasteiger partial charge in [-0.05, 0) is 19.3 Å². The Morgan fingerprint density at radius 3 is 3.00 bits per heavy atom. The van der Waals surface area contributed by atoms with Gasteiger partial charge in [-0.2, -0.15) is 0 Å². The molecule has 6 nitrogen and oxygen atoms in total. The lowest BCUT2D eigenvalue weighted by molar-refractivity contribution is -0.158. The number of hydrogen-bond donors (Lipinski definition) is 2. The van der Waals surface area contributed by atoms with Crippen molar-refractivity contribution in [3.05, 3.63) is 11.1 Å². The lowest BCUT2D eigenvalue weighted by atomic mass is 9.86.